The molecule has 0 heterocycles. The number of rotatable bonds is 6. The molecule has 2 aromatic rings. The summed E-state index contributed by atoms with van der Waals surface area (Å²) in [6, 6.07) is 12.0. The van der Waals surface area contributed by atoms with Crippen molar-refractivity contribution in [2.75, 3.05) is 13.7 Å². The highest BCUT2D eigenvalue weighted by Crippen LogP contribution is 2.14. The summed E-state index contributed by atoms with van der Waals surface area (Å²) in [6.45, 7) is -0.0959. The van der Waals surface area contributed by atoms with Gasteiger partial charge >= 0.3 is 5.97 Å². The number of non-ortho nitro benzene ring substituents is 1. The summed E-state index contributed by atoms with van der Waals surface area (Å²) in [5.41, 5.74) is 0.856. The quantitative estimate of drug-likeness (QED) is 0.447. The highest BCUT2D eigenvalue weighted by molar-refractivity contribution is 6.30. The molecule has 0 aliphatic rings. The average Bonchev–Trinajstić information content (AvgIpc) is 2.59. The molecule has 2 aromatic carbocycles. The van der Waals surface area contributed by atoms with Gasteiger partial charge in [0.2, 0.25) is 0 Å². The van der Waals surface area contributed by atoms with Crippen LogP contribution in [0.4, 0.5) is 5.69 Å². The monoisotopic (exact) mass is 362 g/mol. The van der Waals surface area contributed by atoms with Gasteiger partial charge in [-0.3, -0.25) is 14.9 Å². The first-order valence-corrected chi connectivity index (χ1v) is 7.64. The first-order chi connectivity index (χ1) is 11.9. The van der Waals surface area contributed by atoms with E-state index >= 15 is 0 Å². The maximum Gasteiger partial charge on any atom is 0.338 e. The van der Waals surface area contributed by atoms with Crippen LogP contribution in [0, 0.1) is 10.1 Å². The first-order valence-electron chi connectivity index (χ1n) is 7.27. The molecule has 1 amide bonds. The third kappa shape index (κ3) is 5.29. The molecule has 25 heavy (non-hydrogen) atoms. The van der Waals surface area contributed by atoms with Crippen LogP contribution in [0.15, 0.2) is 48.5 Å². The van der Waals surface area contributed by atoms with Gasteiger partial charge in [-0.05, 0) is 29.8 Å². The molecule has 0 aliphatic carbocycles. The number of nitro groups is 1. The van der Waals surface area contributed by atoms with Gasteiger partial charge in [0.15, 0.2) is 6.61 Å². The summed E-state index contributed by atoms with van der Waals surface area (Å²) in [4.78, 5) is 35.3. The number of esters is 1. The number of halogens is 1. The topological polar surface area (TPSA) is 89.8 Å². The molecule has 0 spiro atoms. The lowest BCUT2D eigenvalue weighted by atomic mass is 10.2. The van der Waals surface area contributed by atoms with E-state index in [4.69, 9.17) is 16.3 Å². The molecule has 0 atom stereocenters. The number of likely N-dealkylation sites (N-methyl/N-ethyl adjacent to an activating group) is 1. The predicted octanol–water partition coefficient (Wildman–Crippen LogP) is 3.06. The van der Waals surface area contributed by atoms with Gasteiger partial charge in [0, 0.05) is 30.7 Å². The fourth-order valence-electron chi connectivity index (χ4n) is 2.04. The van der Waals surface area contributed by atoms with Crippen molar-refractivity contribution >= 4 is 29.2 Å². The van der Waals surface area contributed by atoms with Gasteiger partial charge in [-0.15, -0.1) is 0 Å². The summed E-state index contributed by atoms with van der Waals surface area (Å²) in [6.07, 6.45) is 0. The zero-order valence-corrected chi connectivity index (χ0v) is 14.1. The van der Waals surface area contributed by atoms with E-state index in [-0.39, 0.29) is 17.2 Å². The number of hydrogen-bond donors (Lipinski definition) is 0. The zero-order valence-electron chi connectivity index (χ0n) is 13.3. The smallest absolute Gasteiger partial charge is 0.338 e. The van der Waals surface area contributed by atoms with Gasteiger partial charge in [0.05, 0.1) is 10.5 Å². The molecule has 130 valence electrons. The van der Waals surface area contributed by atoms with Crippen molar-refractivity contribution in [3.63, 3.8) is 0 Å². The second-order valence-corrected chi connectivity index (χ2v) is 5.70. The van der Waals surface area contributed by atoms with Crippen LogP contribution in [-0.4, -0.2) is 35.4 Å². The third-order valence-electron chi connectivity index (χ3n) is 3.38. The Bertz CT molecular complexity index is 792. The largest absolute Gasteiger partial charge is 0.452 e. The Morgan fingerprint density at radius 1 is 1.20 bits per heavy atom. The molecule has 0 N–H and O–H groups in total. The Labute approximate surface area is 148 Å². The number of nitrogens with zero attached hydrogens (tertiary/aromatic N) is 2. The van der Waals surface area contributed by atoms with Crippen molar-refractivity contribution in [1.82, 2.24) is 4.90 Å². The second-order valence-electron chi connectivity index (χ2n) is 5.26. The fourth-order valence-corrected chi connectivity index (χ4v) is 2.25. The van der Waals surface area contributed by atoms with Crippen LogP contribution in [0.3, 0.4) is 0 Å². The van der Waals surface area contributed by atoms with Gasteiger partial charge in [0.25, 0.3) is 11.6 Å². The minimum atomic E-state index is -0.723. The Balaban J connectivity index is 1.87. The molecule has 0 aliphatic heterocycles. The maximum absolute atomic E-state index is 12.0. The van der Waals surface area contributed by atoms with E-state index in [9.17, 15) is 19.7 Å². The van der Waals surface area contributed by atoms with Gasteiger partial charge in [-0.25, -0.2) is 4.79 Å². The molecular formula is C17H15ClN2O5. The highest BCUT2D eigenvalue weighted by Gasteiger charge is 2.15. The Morgan fingerprint density at radius 3 is 2.48 bits per heavy atom. The summed E-state index contributed by atoms with van der Waals surface area (Å²) in [7, 11) is 1.59. The summed E-state index contributed by atoms with van der Waals surface area (Å²) in [5, 5.41) is 11.1. The van der Waals surface area contributed by atoms with Gasteiger partial charge < -0.3 is 9.64 Å². The lowest BCUT2D eigenvalue weighted by Crippen LogP contribution is -2.30. The molecule has 0 fully saturated rings. The summed E-state index contributed by atoms with van der Waals surface area (Å²) in [5.74, 6) is -1.10. The third-order valence-corrected chi connectivity index (χ3v) is 3.61. The van der Waals surface area contributed by atoms with Crippen LogP contribution in [0.2, 0.25) is 5.02 Å². The van der Waals surface area contributed by atoms with Crippen molar-refractivity contribution in [1.29, 1.82) is 0 Å². The van der Waals surface area contributed by atoms with Crippen molar-refractivity contribution in [3.8, 4) is 0 Å². The molecule has 0 unspecified atom stereocenters. The van der Waals surface area contributed by atoms with Crippen LogP contribution in [0.1, 0.15) is 15.9 Å². The number of carbonyl (C=O) groups is 2. The van der Waals surface area contributed by atoms with Gasteiger partial charge in [-0.1, -0.05) is 23.7 Å². The van der Waals surface area contributed by atoms with Gasteiger partial charge in [0.1, 0.15) is 0 Å². The number of carbonyl (C=O) groups excluding carboxylic acids is 2. The Hall–Kier alpha value is -2.93. The highest BCUT2D eigenvalue weighted by atomic mass is 35.5. The predicted molar refractivity (Wildman–Crippen MR) is 91.3 cm³/mol. The average molecular weight is 363 g/mol. The summed E-state index contributed by atoms with van der Waals surface area (Å²) < 4.78 is 4.95. The molecule has 0 saturated carbocycles. The fraction of sp³-hybridized carbons (Fsp3) is 0.176. The Kier molecular flexibility index (Phi) is 6.08. The molecule has 0 saturated heterocycles. The molecule has 0 radical (unpaired) electrons. The number of hydrogen-bond acceptors (Lipinski definition) is 5. The SMILES string of the molecule is CN(Cc1cccc(Cl)c1)C(=O)COC(=O)c1ccc([N+](=O)[O-])cc1. The molecule has 0 bridgehead atoms. The van der Waals surface area contributed by atoms with Crippen molar-refractivity contribution in [2.45, 2.75) is 6.54 Å². The van der Waals surface area contributed by atoms with E-state index in [0.29, 0.717) is 11.6 Å². The molecule has 0 aromatic heterocycles. The lowest BCUT2D eigenvalue weighted by Gasteiger charge is -2.17. The number of amides is 1. The van der Waals surface area contributed by atoms with Crippen LogP contribution in [0.5, 0.6) is 0 Å². The number of nitro benzene ring substituents is 1. The number of benzene rings is 2. The lowest BCUT2D eigenvalue weighted by molar-refractivity contribution is -0.384. The second kappa shape index (κ2) is 8.25. The minimum absolute atomic E-state index is 0.131. The van der Waals surface area contributed by atoms with E-state index < -0.39 is 17.5 Å². The van der Waals surface area contributed by atoms with E-state index in [0.717, 1.165) is 5.56 Å². The molecule has 7 nitrogen and oxygen atoms in total. The van der Waals surface area contributed by atoms with E-state index in [1.807, 2.05) is 6.07 Å². The first kappa shape index (κ1) is 18.4. The van der Waals surface area contributed by atoms with Crippen LogP contribution < -0.4 is 0 Å². The normalized spacial score (nSPS) is 10.2. The maximum atomic E-state index is 12.0. The van der Waals surface area contributed by atoms with Crippen molar-refractivity contribution in [2.24, 2.45) is 0 Å². The van der Waals surface area contributed by atoms with E-state index in [1.165, 1.54) is 29.2 Å². The van der Waals surface area contributed by atoms with Crippen LogP contribution >= 0.6 is 11.6 Å². The van der Waals surface area contributed by atoms with E-state index in [2.05, 4.69) is 0 Å². The van der Waals surface area contributed by atoms with Crippen molar-refractivity contribution < 1.29 is 19.2 Å². The number of ether oxygens (including phenoxy) is 1. The molecule has 2 rings (SSSR count). The minimum Gasteiger partial charge on any atom is -0.452 e. The molecular weight excluding hydrogens is 348 g/mol. The standard InChI is InChI=1S/C17H15ClN2O5/c1-19(10-12-3-2-4-14(18)9-12)16(21)11-25-17(22)13-5-7-15(8-6-13)20(23)24/h2-9H,10-11H2,1H3. The van der Waals surface area contributed by atoms with Crippen LogP contribution in [0.25, 0.3) is 0 Å². The van der Waals surface area contributed by atoms with E-state index in [1.54, 1.807) is 25.2 Å². The Morgan fingerprint density at radius 2 is 1.88 bits per heavy atom. The van der Waals surface area contributed by atoms with Crippen molar-refractivity contribution in [3.05, 3.63) is 74.8 Å². The zero-order chi connectivity index (χ0) is 18.4. The summed E-state index contributed by atoms with van der Waals surface area (Å²) >= 11 is 5.89. The van der Waals surface area contributed by atoms with Crippen LogP contribution in [-0.2, 0) is 16.1 Å². The molecule has 8 heteroatoms. The van der Waals surface area contributed by atoms with Gasteiger partial charge in [-0.2, -0.15) is 0 Å².